The molecule has 2 N–H and O–H groups in total. The van der Waals surface area contributed by atoms with Gasteiger partial charge in [-0.25, -0.2) is 0 Å². The molecule has 2 aromatic heterocycles. The van der Waals surface area contributed by atoms with Gasteiger partial charge in [-0.05, 0) is 12.1 Å². The van der Waals surface area contributed by atoms with E-state index in [9.17, 15) is 4.79 Å². The molecule has 0 aromatic carbocycles. The van der Waals surface area contributed by atoms with Crippen molar-refractivity contribution in [2.75, 3.05) is 13.2 Å². The van der Waals surface area contributed by atoms with Crippen molar-refractivity contribution in [2.45, 2.75) is 13.0 Å². The number of hydrogen-bond donors (Lipinski definition) is 2. The normalized spacial score (nSPS) is 9.76. The van der Waals surface area contributed by atoms with Crippen molar-refractivity contribution in [3.63, 3.8) is 0 Å². The third-order valence-electron chi connectivity index (χ3n) is 2.66. The molecule has 0 radical (unpaired) electrons. The van der Waals surface area contributed by atoms with Crippen LogP contribution >= 0.6 is 0 Å². The van der Waals surface area contributed by atoms with E-state index in [2.05, 4.69) is 27.2 Å². The Morgan fingerprint density at radius 2 is 2.33 bits per heavy atom. The molecule has 0 aliphatic heterocycles. The second-order valence-electron chi connectivity index (χ2n) is 4.26. The van der Waals surface area contributed by atoms with Gasteiger partial charge in [-0.2, -0.15) is 5.10 Å². The highest BCUT2D eigenvalue weighted by atomic mass is 16.2. The van der Waals surface area contributed by atoms with Crippen LogP contribution in [0, 0.1) is 11.8 Å². The summed E-state index contributed by atoms with van der Waals surface area (Å²) in [5.74, 6) is 5.45. The molecule has 0 spiro atoms. The van der Waals surface area contributed by atoms with E-state index in [0.29, 0.717) is 30.6 Å². The quantitative estimate of drug-likeness (QED) is 0.781. The molecule has 0 aliphatic rings. The highest BCUT2D eigenvalue weighted by molar-refractivity contribution is 5.94. The van der Waals surface area contributed by atoms with Crippen LogP contribution in [-0.4, -0.2) is 38.9 Å². The summed E-state index contributed by atoms with van der Waals surface area (Å²) in [7, 11) is 0. The number of hydrogen-bond acceptors (Lipinski definition) is 4. The van der Waals surface area contributed by atoms with Gasteiger partial charge in [-0.1, -0.05) is 11.8 Å². The van der Waals surface area contributed by atoms with Crippen LogP contribution < -0.4 is 5.32 Å². The summed E-state index contributed by atoms with van der Waals surface area (Å²) in [6.07, 6.45) is 7.02. The fourth-order valence-corrected chi connectivity index (χ4v) is 1.67. The van der Waals surface area contributed by atoms with Crippen LogP contribution in [0.1, 0.15) is 22.3 Å². The Kier molecular flexibility index (Phi) is 5.50. The Morgan fingerprint density at radius 3 is 3.10 bits per heavy atom. The first-order chi connectivity index (χ1) is 10.3. The number of aliphatic hydroxyl groups is 1. The monoisotopic (exact) mass is 284 g/mol. The summed E-state index contributed by atoms with van der Waals surface area (Å²) in [4.78, 5) is 16.0. The standard InChI is InChI=1S/C15H16N4O2/c20-9-2-1-4-13-10-14(12-16-11-13)15(21)17-6-8-19-7-3-5-18-19/h3,5,7,10-12,20H,2,6,8-9H2,(H,17,21). The number of aromatic nitrogens is 3. The summed E-state index contributed by atoms with van der Waals surface area (Å²) in [6, 6.07) is 3.51. The molecule has 0 saturated carbocycles. The Hall–Kier alpha value is -2.65. The smallest absolute Gasteiger partial charge is 0.252 e. The van der Waals surface area contributed by atoms with Crippen molar-refractivity contribution in [2.24, 2.45) is 0 Å². The van der Waals surface area contributed by atoms with E-state index in [4.69, 9.17) is 5.11 Å². The highest BCUT2D eigenvalue weighted by Crippen LogP contribution is 2.01. The number of carbonyl (C=O) groups is 1. The number of amides is 1. The highest BCUT2D eigenvalue weighted by Gasteiger charge is 2.05. The third-order valence-corrected chi connectivity index (χ3v) is 2.66. The summed E-state index contributed by atoms with van der Waals surface area (Å²) in [5, 5.41) is 15.5. The minimum atomic E-state index is -0.194. The fourth-order valence-electron chi connectivity index (χ4n) is 1.67. The van der Waals surface area contributed by atoms with Gasteiger partial charge in [0, 0.05) is 43.3 Å². The molecule has 0 saturated heterocycles. The van der Waals surface area contributed by atoms with E-state index in [1.54, 1.807) is 23.1 Å². The molecule has 21 heavy (non-hydrogen) atoms. The van der Waals surface area contributed by atoms with Crippen molar-refractivity contribution >= 4 is 5.91 Å². The van der Waals surface area contributed by atoms with Crippen molar-refractivity contribution < 1.29 is 9.90 Å². The molecular formula is C15H16N4O2. The predicted octanol–water partition coefficient (Wildman–Crippen LogP) is 0.442. The number of rotatable bonds is 5. The molecule has 0 aliphatic carbocycles. The zero-order chi connectivity index (χ0) is 14.9. The van der Waals surface area contributed by atoms with Crippen LogP contribution in [0.25, 0.3) is 0 Å². The molecule has 0 atom stereocenters. The maximum absolute atomic E-state index is 12.0. The summed E-state index contributed by atoms with van der Waals surface area (Å²) in [6.45, 7) is 1.12. The molecule has 2 heterocycles. The maximum Gasteiger partial charge on any atom is 0.252 e. The summed E-state index contributed by atoms with van der Waals surface area (Å²) >= 11 is 0. The lowest BCUT2D eigenvalue weighted by atomic mass is 10.2. The SMILES string of the molecule is O=C(NCCn1cccn1)c1cncc(C#CCCO)c1. The van der Waals surface area contributed by atoms with E-state index >= 15 is 0 Å². The molecule has 6 heteroatoms. The molecular weight excluding hydrogens is 268 g/mol. The fraction of sp³-hybridized carbons (Fsp3) is 0.267. The molecule has 1 amide bonds. The third kappa shape index (κ3) is 4.75. The Morgan fingerprint density at radius 1 is 1.43 bits per heavy atom. The topological polar surface area (TPSA) is 80.0 Å². The van der Waals surface area contributed by atoms with Crippen molar-refractivity contribution in [3.8, 4) is 11.8 Å². The lowest BCUT2D eigenvalue weighted by molar-refractivity contribution is 0.0951. The van der Waals surface area contributed by atoms with Gasteiger partial charge >= 0.3 is 0 Å². The van der Waals surface area contributed by atoms with Crippen LogP contribution in [0.3, 0.4) is 0 Å². The van der Waals surface area contributed by atoms with Crippen LogP contribution in [0.2, 0.25) is 0 Å². The van der Waals surface area contributed by atoms with Gasteiger partial charge in [0.1, 0.15) is 0 Å². The first-order valence-corrected chi connectivity index (χ1v) is 6.60. The van der Waals surface area contributed by atoms with Crippen LogP contribution in [0.15, 0.2) is 36.9 Å². The van der Waals surface area contributed by atoms with Crippen molar-refractivity contribution in [1.29, 1.82) is 0 Å². The van der Waals surface area contributed by atoms with Gasteiger partial charge in [0.15, 0.2) is 0 Å². The molecule has 0 bridgehead atoms. The van der Waals surface area contributed by atoms with E-state index in [-0.39, 0.29) is 12.5 Å². The minimum absolute atomic E-state index is 0.0219. The molecule has 2 rings (SSSR count). The van der Waals surface area contributed by atoms with Gasteiger partial charge < -0.3 is 10.4 Å². The minimum Gasteiger partial charge on any atom is -0.395 e. The number of nitrogens with zero attached hydrogens (tertiary/aromatic N) is 3. The molecule has 0 unspecified atom stereocenters. The van der Waals surface area contributed by atoms with Crippen molar-refractivity contribution in [3.05, 3.63) is 48.0 Å². The Bertz CT molecular complexity index is 641. The average molecular weight is 284 g/mol. The van der Waals surface area contributed by atoms with Gasteiger partial charge in [0.25, 0.3) is 5.91 Å². The van der Waals surface area contributed by atoms with Gasteiger partial charge in [-0.15, -0.1) is 0 Å². The maximum atomic E-state index is 12.0. The van der Waals surface area contributed by atoms with Crippen molar-refractivity contribution in [1.82, 2.24) is 20.1 Å². The Labute approximate surface area is 122 Å². The van der Waals surface area contributed by atoms with Gasteiger partial charge in [0.05, 0.1) is 18.7 Å². The van der Waals surface area contributed by atoms with Crippen LogP contribution in [0.4, 0.5) is 0 Å². The number of carbonyl (C=O) groups excluding carboxylic acids is 1. The molecule has 6 nitrogen and oxygen atoms in total. The van der Waals surface area contributed by atoms with Gasteiger partial charge in [-0.3, -0.25) is 14.5 Å². The van der Waals surface area contributed by atoms with E-state index < -0.39 is 0 Å². The number of pyridine rings is 1. The summed E-state index contributed by atoms with van der Waals surface area (Å²) in [5.41, 5.74) is 1.12. The first-order valence-electron chi connectivity index (χ1n) is 6.60. The molecule has 108 valence electrons. The van der Waals surface area contributed by atoms with E-state index in [0.717, 1.165) is 0 Å². The number of aliphatic hydroxyl groups excluding tert-OH is 1. The molecule has 2 aromatic rings. The van der Waals surface area contributed by atoms with Crippen LogP contribution in [-0.2, 0) is 6.54 Å². The van der Waals surface area contributed by atoms with E-state index in [1.165, 1.54) is 6.20 Å². The molecule has 0 fully saturated rings. The zero-order valence-corrected chi connectivity index (χ0v) is 11.5. The summed E-state index contributed by atoms with van der Waals surface area (Å²) < 4.78 is 1.75. The largest absolute Gasteiger partial charge is 0.395 e. The second kappa shape index (κ2) is 7.82. The van der Waals surface area contributed by atoms with E-state index in [1.807, 2.05) is 12.3 Å². The second-order valence-corrected chi connectivity index (χ2v) is 4.26. The Balaban J connectivity index is 1.90. The van der Waals surface area contributed by atoms with Crippen LogP contribution in [0.5, 0.6) is 0 Å². The predicted molar refractivity (Wildman–Crippen MR) is 77.4 cm³/mol. The number of nitrogens with one attached hydrogen (secondary N) is 1. The first kappa shape index (κ1) is 14.8. The average Bonchev–Trinajstić information content (AvgIpc) is 3.01. The lowest BCUT2D eigenvalue weighted by Gasteiger charge is -2.05. The zero-order valence-electron chi connectivity index (χ0n) is 11.5. The lowest BCUT2D eigenvalue weighted by Crippen LogP contribution is -2.27. The van der Waals surface area contributed by atoms with Gasteiger partial charge in [0.2, 0.25) is 0 Å².